The van der Waals surface area contributed by atoms with Crippen molar-refractivity contribution in [3.63, 3.8) is 0 Å². The fourth-order valence-corrected chi connectivity index (χ4v) is 4.08. The second-order valence-electron chi connectivity index (χ2n) is 7.63. The van der Waals surface area contributed by atoms with Gasteiger partial charge in [-0.3, -0.25) is 4.79 Å². The zero-order valence-corrected chi connectivity index (χ0v) is 14.2. The van der Waals surface area contributed by atoms with Crippen molar-refractivity contribution in [3.05, 3.63) is 0 Å². The monoisotopic (exact) mass is 296 g/mol. The van der Waals surface area contributed by atoms with Gasteiger partial charge >= 0.3 is 5.97 Å². The molecule has 0 amide bonds. The van der Waals surface area contributed by atoms with Crippen molar-refractivity contribution < 1.29 is 9.53 Å². The van der Waals surface area contributed by atoms with E-state index < -0.39 is 5.54 Å². The van der Waals surface area contributed by atoms with Gasteiger partial charge in [-0.05, 0) is 70.5 Å². The van der Waals surface area contributed by atoms with Crippen LogP contribution in [0.25, 0.3) is 0 Å². The van der Waals surface area contributed by atoms with Crippen LogP contribution in [-0.2, 0) is 9.53 Å². The third-order valence-corrected chi connectivity index (χ3v) is 5.67. The zero-order valence-electron chi connectivity index (χ0n) is 14.2. The third-order valence-electron chi connectivity index (χ3n) is 5.67. The number of nitrogens with zero attached hydrogens (tertiary/aromatic N) is 1. The minimum absolute atomic E-state index is 0.0927. The smallest absolute Gasteiger partial charge is 0.326 e. The van der Waals surface area contributed by atoms with Gasteiger partial charge in [0.05, 0.1) is 7.11 Å². The van der Waals surface area contributed by atoms with Gasteiger partial charge in [0.25, 0.3) is 0 Å². The van der Waals surface area contributed by atoms with Crippen molar-refractivity contribution in [1.82, 2.24) is 10.2 Å². The molecule has 2 atom stereocenters. The predicted octanol–water partition coefficient (Wildman–Crippen LogP) is 2.57. The molecule has 2 aliphatic rings. The number of likely N-dealkylation sites (N-methyl/N-ethyl adjacent to an activating group) is 1. The van der Waals surface area contributed by atoms with Crippen LogP contribution in [0.1, 0.15) is 58.8 Å². The fourth-order valence-electron chi connectivity index (χ4n) is 4.08. The number of hydrogen-bond acceptors (Lipinski definition) is 4. The molecule has 0 bridgehead atoms. The lowest BCUT2D eigenvalue weighted by molar-refractivity contribution is -0.151. The molecule has 21 heavy (non-hydrogen) atoms. The van der Waals surface area contributed by atoms with Crippen molar-refractivity contribution in [3.8, 4) is 0 Å². The molecule has 1 aliphatic carbocycles. The molecule has 1 heterocycles. The molecule has 1 saturated carbocycles. The first-order valence-electron chi connectivity index (χ1n) is 8.44. The maximum Gasteiger partial charge on any atom is 0.326 e. The number of ether oxygens (including phenoxy) is 1. The lowest BCUT2D eigenvalue weighted by atomic mass is 9.78. The Kier molecular flexibility index (Phi) is 5.31. The average molecular weight is 296 g/mol. The Balaban J connectivity index is 2.05. The molecule has 2 fully saturated rings. The highest BCUT2D eigenvalue weighted by Crippen LogP contribution is 2.36. The van der Waals surface area contributed by atoms with E-state index in [1.54, 1.807) is 0 Å². The normalized spacial score (nSPS) is 34.2. The molecule has 0 aromatic heterocycles. The summed E-state index contributed by atoms with van der Waals surface area (Å²) in [5, 5.41) is 3.27. The van der Waals surface area contributed by atoms with E-state index in [9.17, 15) is 4.79 Å². The van der Waals surface area contributed by atoms with Crippen molar-refractivity contribution in [2.45, 2.75) is 70.4 Å². The van der Waals surface area contributed by atoms with Crippen LogP contribution in [0, 0.1) is 5.41 Å². The summed E-state index contributed by atoms with van der Waals surface area (Å²) in [5.74, 6) is -0.0927. The van der Waals surface area contributed by atoms with E-state index in [4.69, 9.17) is 4.74 Å². The molecule has 1 saturated heterocycles. The summed E-state index contributed by atoms with van der Waals surface area (Å²) in [5.41, 5.74) is -0.00858. The molecule has 0 aromatic rings. The topological polar surface area (TPSA) is 41.6 Å². The van der Waals surface area contributed by atoms with Crippen molar-refractivity contribution in [2.24, 2.45) is 5.41 Å². The number of nitrogens with one attached hydrogen (secondary N) is 1. The van der Waals surface area contributed by atoms with Crippen LogP contribution in [-0.4, -0.2) is 49.7 Å². The number of carbonyl (C=O) groups excluding carboxylic acids is 1. The van der Waals surface area contributed by atoms with Gasteiger partial charge in [-0.15, -0.1) is 0 Å². The van der Waals surface area contributed by atoms with Crippen LogP contribution >= 0.6 is 0 Å². The Bertz CT molecular complexity index is 370. The number of likely N-dealkylation sites (tertiary alicyclic amines) is 1. The number of rotatable bonds is 3. The van der Waals surface area contributed by atoms with Crippen molar-refractivity contribution >= 4 is 5.97 Å². The third kappa shape index (κ3) is 3.78. The average Bonchev–Trinajstić information content (AvgIpc) is 2.67. The van der Waals surface area contributed by atoms with Crippen LogP contribution in [0.2, 0.25) is 0 Å². The predicted molar refractivity (Wildman–Crippen MR) is 85.3 cm³/mol. The summed E-state index contributed by atoms with van der Waals surface area (Å²) in [4.78, 5) is 14.8. The number of methoxy groups -OCH3 is 1. The van der Waals surface area contributed by atoms with Gasteiger partial charge < -0.3 is 15.0 Å². The maximum atomic E-state index is 12.2. The van der Waals surface area contributed by atoms with Gasteiger partial charge in [-0.2, -0.15) is 0 Å². The lowest BCUT2D eigenvalue weighted by Crippen LogP contribution is -2.57. The first kappa shape index (κ1) is 16.8. The highest BCUT2D eigenvalue weighted by atomic mass is 16.5. The van der Waals surface area contributed by atoms with E-state index in [-0.39, 0.29) is 5.97 Å². The van der Waals surface area contributed by atoms with E-state index >= 15 is 0 Å². The molecular weight excluding hydrogens is 264 g/mol. The molecule has 0 radical (unpaired) electrons. The Morgan fingerprint density at radius 2 is 1.95 bits per heavy atom. The quantitative estimate of drug-likeness (QED) is 0.813. The highest BCUT2D eigenvalue weighted by Gasteiger charge is 2.44. The van der Waals surface area contributed by atoms with Gasteiger partial charge in [-0.1, -0.05) is 13.8 Å². The summed E-state index contributed by atoms with van der Waals surface area (Å²) >= 11 is 0. The van der Waals surface area contributed by atoms with E-state index in [0.29, 0.717) is 11.5 Å². The lowest BCUT2D eigenvalue weighted by Gasteiger charge is -2.42. The Morgan fingerprint density at radius 1 is 1.19 bits per heavy atom. The summed E-state index contributed by atoms with van der Waals surface area (Å²) in [6.07, 6.45) is 7.93. The zero-order chi connectivity index (χ0) is 15.5. The number of esters is 1. The van der Waals surface area contributed by atoms with Crippen LogP contribution < -0.4 is 5.32 Å². The van der Waals surface area contributed by atoms with Crippen LogP contribution in [0.3, 0.4) is 0 Å². The Morgan fingerprint density at radius 3 is 2.62 bits per heavy atom. The van der Waals surface area contributed by atoms with E-state index in [0.717, 1.165) is 19.3 Å². The molecule has 122 valence electrons. The van der Waals surface area contributed by atoms with Gasteiger partial charge in [0.2, 0.25) is 0 Å². The molecule has 0 spiro atoms. The fraction of sp³-hybridized carbons (Fsp3) is 0.941. The molecule has 4 heteroatoms. The molecular formula is C17H32N2O2. The van der Waals surface area contributed by atoms with Gasteiger partial charge in [0, 0.05) is 6.04 Å². The van der Waals surface area contributed by atoms with E-state index in [2.05, 4.69) is 24.1 Å². The Hall–Kier alpha value is -0.610. The summed E-state index contributed by atoms with van der Waals surface area (Å²) < 4.78 is 5.06. The minimum atomic E-state index is -0.473. The first-order chi connectivity index (χ1) is 9.92. The summed E-state index contributed by atoms with van der Waals surface area (Å²) in [7, 11) is 3.39. The second-order valence-corrected chi connectivity index (χ2v) is 7.63. The molecule has 0 aromatic carbocycles. The minimum Gasteiger partial charge on any atom is -0.468 e. The Labute approximate surface area is 129 Å². The SMILES string of the molecule is CNC1(C(=O)OC)CCCC(N2CCCC(C)(C)CC2)C1. The van der Waals surface area contributed by atoms with Crippen molar-refractivity contribution in [1.29, 1.82) is 0 Å². The molecule has 1 aliphatic heterocycles. The van der Waals surface area contributed by atoms with Gasteiger partial charge in [-0.25, -0.2) is 0 Å². The first-order valence-corrected chi connectivity index (χ1v) is 8.44. The van der Waals surface area contributed by atoms with Gasteiger partial charge in [0.15, 0.2) is 0 Å². The highest BCUT2D eigenvalue weighted by molar-refractivity contribution is 5.81. The standard InChI is InChI=1S/C17H32N2O2/c1-16(2)8-6-11-19(12-10-16)14-7-5-9-17(13-14,18-3)15(20)21-4/h14,18H,5-13H2,1-4H3. The molecule has 2 unspecified atom stereocenters. The number of hydrogen-bond donors (Lipinski definition) is 1. The van der Waals surface area contributed by atoms with Gasteiger partial charge in [0.1, 0.15) is 5.54 Å². The molecule has 1 N–H and O–H groups in total. The van der Waals surface area contributed by atoms with Crippen LogP contribution in [0.5, 0.6) is 0 Å². The summed E-state index contributed by atoms with van der Waals surface area (Å²) in [6.45, 7) is 7.10. The van der Waals surface area contributed by atoms with E-state index in [1.807, 2.05) is 7.05 Å². The van der Waals surface area contributed by atoms with Crippen molar-refractivity contribution in [2.75, 3.05) is 27.2 Å². The van der Waals surface area contributed by atoms with Crippen LogP contribution in [0.15, 0.2) is 0 Å². The number of carbonyl (C=O) groups is 1. The van der Waals surface area contributed by atoms with E-state index in [1.165, 1.54) is 45.9 Å². The largest absolute Gasteiger partial charge is 0.468 e. The molecule has 4 nitrogen and oxygen atoms in total. The molecule has 2 rings (SSSR count). The second kappa shape index (κ2) is 6.66. The summed E-state index contributed by atoms with van der Waals surface area (Å²) in [6, 6.07) is 0.513. The maximum absolute atomic E-state index is 12.2. The van der Waals surface area contributed by atoms with Crippen LogP contribution in [0.4, 0.5) is 0 Å².